The molecule has 2 aromatic carbocycles. The average molecular weight is 424 g/mol. The number of amides is 1. The number of alkyl carbamates (subject to hydrolysis) is 1. The van der Waals surface area contributed by atoms with Crippen LogP contribution in [0.5, 0.6) is 0 Å². The van der Waals surface area contributed by atoms with E-state index in [0.29, 0.717) is 18.4 Å². The van der Waals surface area contributed by atoms with Gasteiger partial charge in [-0.05, 0) is 63.6 Å². The number of carbonyl (C=O) groups is 2. The molecule has 2 rings (SSSR count). The number of ether oxygens (including phenoxy) is 2. The van der Waals surface area contributed by atoms with Gasteiger partial charge in [0.2, 0.25) is 0 Å². The van der Waals surface area contributed by atoms with E-state index in [0.717, 1.165) is 17.5 Å². The molecule has 5 nitrogen and oxygen atoms in total. The van der Waals surface area contributed by atoms with E-state index in [1.54, 1.807) is 6.92 Å². The molecule has 1 amide bonds. The number of esters is 1. The Balaban J connectivity index is 2.02. The molecule has 166 valence electrons. The van der Waals surface area contributed by atoms with E-state index in [4.69, 9.17) is 9.47 Å². The minimum Gasteiger partial charge on any atom is -0.463 e. The third-order valence-corrected chi connectivity index (χ3v) is 4.62. The molecule has 0 radical (unpaired) electrons. The van der Waals surface area contributed by atoms with Crippen LogP contribution in [0.15, 0.2) is 66.7 Å². The molecule has 0 aromatic heterocycles. The van der Waals surface area contributed by atoms with Crippen LogP contribution in [0.4, 0.5) is 4.79 Å². The van der Waals surface area contributed by atoms with Gasteiger partial charge in [0.15, 0.2) is 0 Å². The van der Waals surface area contributed by atoms with E-state index in [-0.39, 0.29) is 12.6 Å². The molecule has 1 atom stereocenters. The Bertz CT molecular complexity index is 867. The number of hydrogen-bond donors (Lipinski definition) is 1. The molecule has 0 aliphatic rings. The third-order valence-electron chi connectivity index (χ3n) is 4.62. The zero-order chi connectivity index (χ0) is 22.9. The van der Waals surface area contributed by atoms with E-state index >= 15 is 0 Å². The molecule has 2 aromatic rings. The van der Waals surface area contributed by atoms with Gasteiger partial charge in [0.05, 0.1) is 6.61 Å². The SMILES string of the molecule is C=C(CC(CCc1ccc(-c2ccccc2)cc1)NC(=O)OC(C)(C)C)C(=O)OCC. The molecule has 1 unspecified atom stereocenters. The molecule has 31 heavy (non-hydrogen) atoms. The highest BCUT2D eigenvalue weighted by molar-refractivity contribution is 5.87. The van der Waals surface area contributed by atoms with Crippen molar-refractivity contribution in [1.29, 1.82) is 0 Å². The molecule has 0 bridgehead atoms. The van der Waals surface area contributed by atoms with E-state index in [1.807, 2.05) is 39.0 Å². The van der Waals surface area contributed by atoms with E-state index < -0.39 is 17.7 Å². The zero-order valence-electron chi connectivity index (χ0n) is 18.9. The fraction of sp³-hybridized carbons (Fsp3) is 0.385. The lowest BCUT2D eigenvalue weighted by molar-refractivity contribution is -0.138. The van der Waals surface area contributed by atoms with Gasteiger partial charge in [-0.15, -0.1) is 0 Å². The molecule has 1 N–H and O–H groups in total. The van der Waals surface area contributed by atoms with Crippen LogP contribution in [-0.4, -0.2) is 30.3 Å². The van der Waals surface area contributed by atoms with Crippen LogP contribution >= 0.6 is 0 Å². The van der Waals surface area contributed by atoms with Gasteiger partial charge in [0, 0.05) is 11.6 Å². The molecule has 0 aliphatic carbocycles. The summed E-state index contributed by atoms with van der Waals surface area (Å²) >= 11 is 0. The monoisotopic (exact) mass is 423 g/mol. The van der Waals surface area contributed by atoms with Crippen molar-refractivity contribution in [3.63, 3.8) is 0 Å². The van der Waals surface area contributed by atoms with Gasteiger partial charge >= 0.3 is 12.1 Å². The van der Waals surface area contributed by atoms with Crippen molar-refractivity contribution >= 4 is 12.1 Å². The second-order valence-electron chi connectivity index (χ2n) is 8.47. The van der Waals surface area contributed by atoms with Crippen molar-refractivity contribution in [3.05, 3.63) is 72.3 Å². The first-order valence-corrected chi connectivity index (χ1v) is 10.7. The summed E-state index contributed by atoms with van der Waals surface area (Å²) in [5, 5.41) is 2.88. The maximum Gasteiger partial charge on any atom is 0.407 e. The Morgan fingerprint density at radius 3 is 2.19 bits per heavy atom. The largest absolute Gasteiger partial charge is 0.463 e. The first-order chi connectivity index (χ1) is 14.7. The standard InChI is InChI=1S/C26H33NO4/c1-6-30-24(28)19(2)18-23(27-25(29)31-26(3,4)5)17-14-20-12-15-22(16-13-20)21-10-8-7-9-11-21/h7-13,15-16,23H,2,6,14,17-18H2,1,3-5H3,(H,27,29). The molecule has 5 heteroatoms. The lowest BCUT2D eigenvalue weighted by atomic mass is 9.98. The highest BCUT2D eigenvalue weighted by atomic mass is 16.6. The van der Waals surface area contributed by atoms with E-state index in [9.17, 15) is 9.59 Å². The van der Waals surface area contributed by atoms with Crippen LogP contribution in [0.1, 0.15) is 46.1 Å². The Hall–Kier alpha value is -3.08. The number of nitrogens with one attached hydrogen (secondary N) is 1. The van der Waals surface area contributed by atoms with Crippen molar-refractivity contribution in [3.8, 4) is 11.1 Å². The fourth-order valence-electron chi connectivity index (χ4n) is 3.15. The first kappa shape index (κ1) is 24.2. The Morgan fingerprint density at radius 1 is 1.00 bits per heavy atom. The van der Waals surface area contributed by atoms with Gasteiger partial charge in [-0.2, -0.15) is 0 Å². The number of rotatable bonds is 9. The first-order valence-electron chi connectivity index (χ1n) is 10.7. The second-order valence-corrected chi connectivity index (χ2v) is 8.47. The normalized spacial score (nSPS) is 12.0. The molecule has 0 heterocycles. The predicted molar refractivity (Wildman–Crippen MR) is 124 cm³/mol. The Labute approximate surface area is 185 Å². The summed E-state index contributed by atoms with van der Waals surface area (Å²) in [5.74, 6) is -0.439. The van der Waals surface area contributed by atoms with Crippen LogP contribution in [0.3, 0.4) is 0 Å². The van der Waals surface area contributed by atoms with Gasteiger partial charge in [0.25, 0.3) is 0 Å². The molecule has 0 spiro atoms. The lowest BCUT2D eigenvalue weighted by Gasteiger charge is -2.24. The summed E-state index contributed by atoms with van der Waals surface area (Å²) in [6.07, 6.45) is 1.18. The summed E-state index contributed by atoms with van der Waals surface area (Å²) in [6, 6.07) is 18.3. The maximum absolute atomic E-state index is 12.3. The van der Waals surface area contributed by atoms with Gasteiger partial charge < -0.3 is 14.8 Å². The second kappa shape index (κ2) is 11.3. The van der Waals surface area contributed by atoms with Gasteiger partial charge in [0.1, 0.15) is 5.60 Å². The maximum atomic E-state index is 12.3. The highest BCUT2D eigenvalue weighted by Crippen LogP contribution is 2.20. The van der Waals surface area contributed by atoms with Crippen LogP contribution in [-0.2, 0) is 20.7 Å². The van der Waals surface area contributed by atoms with Crippen molar-refractivity contribution in [1.82, 2.24) is 5.32 Å². The van der Waals surface area contributed by atoms with E-state index in [1.165, 1.54) is 5.56 Å². The molecule has 0 saturated carbocycles. The summed E-state index contributed by atoms with van der Waals surface area (Å²) in [6.45, 7) is 11.3. The summed E-state index contributed by atoms with van der Waals surface area (Å²) < 4.78 is 10.4. The van der Waals surface area contributed by atoms with Crippen LogP contribution in [0.25, 0.3) is 11.1 Å². The van der Waals surface area contributed by atoms with Crippen LogP contribution in [0.2, 0.25) is 0 Å². The van der Waals surface area contributed by atoms with E-state index in [2.05, 4.69) is 48.3 Å². The number of benzene rings is 2. The lowest BCUT2D eigenvalue weighted by Crippen LogP contribution is -2.40. The minimum absolute atomic E-state index is 0.287. The van der Waals surface area contributed by atoms with Gasteiger partial charge in [-0.1, -0.05) is 61.2 Å². The molecule has 0 fully saturated rings. The number of hydrogen-bond acceptors (Lipinski definition) is 4. The Morgan fingerprint density at radius 2 is 1.61 bits per heavy atom. The fourth-order valence-corrected chi connectivity index (χ4v) is 3.15. The van der Waals surface area contributed by atoms with Crippen molar-refractivity contribution in [2.75, 3.05) is 6.61 Å². The number of aryl methyl sites for hydroxylation is 1. The zero-order valence-corrected chi connectivity index (χ0v) is 18.9. The predicted octanol–water partition coefficient (Wildman–Crippen LogP) is 5.69. The van der Waals surface area contributed by atoms with Gasteiger partial charge in [-0.3, -0.25) is 0 Å². The quantitative estimate of drug-likeness (QED) is 0.416. The summed E-state index contributed by atoms with van der Waals surface area (Å²) in [5.41, 5.74) is 3.22. The van der Waals surface area contributed by atoms with Crippen LogP contribution < -0.4 is 5.32 Å². The van der Waals surface area contributed by atoms with Crippen molar-refractivity contribution in [2.24, 2.45) is 0 Å². The topological polar surface area (TPSA) is 64.6 Å². The Kier molecular flexibility index (Phi) is 8.86. The smallest absolute Gasteiger partial charge is 0.407 e. The minimum atomic E-state index is -0.597. The molecule has 0 saturated heterocycles. The average Bonchev–Trinajstić information content (AvgIpc) is 2.71. The number of carbonyl (C=O) groups excluding carboxylic acids is 2. The van der Waals surface area contributed by atoms with Crippen LogP contribution in [0, 0.1) is 0 Å². The summed E-state index contributed by atoms with van der Waals surface area (Å²) in [7, 11) is 0. The van der Waals surface area contributed by atoms with Crippen molar-refractivity contribution < 1.29 is 19.1 Å². The molecule has 0 aliphatic heterocycles. The highest BCUT2D eigenvalue weighted by Gasteiger charge is 2.22. The third kappa shape index (κ3) is 8.67. The molecular formula is C26H33NO4. The van der Waals surface area contributed by atoms with Crippen molar-refractivity contribution in [2.45, 2.75) is 58.6 Å². The molecular weight excluding hydrogens is 390 g/mol. The summed E-state index contributed by atoms with van der Waals surface area (Å²) in [4.78, 5) is 24.3. The van der Waals surface area contributed by atoms with Gasteiger partial charge in [-0.25, -0.2) is 9.59 Å².